The van der Waals surface area contributed by atoms with Crippen molar-refractivity contribution in [2.75, 3.05) is 0 Å². The fourth-order valence-corrected chi connectivity index (χ4v) is 3.66. The molecular formula is C14H19Cl2NO3S. The van der Waals surface area contributed by atoms with E-state index in [4.69, 9.17) is 22.3 Å². The van der Waals surface area contributed by atoms with Gasteiger partial charge in [0.1, 0.15) is 4.90 Å². The molecule has 4 nitrogen and oxygen atoms in total. The number of rotatable bonds is 5. The summed E-state index contributed by atoms with van der Waals surface area (Å²) in [5, 5.41) is 2.87. The van der Waals surface area contributed by atoms with Gasteiger partial charge in [-0.15, -0.1) is 0 Å². The molecule has 1 unspecified atom stereocenters. The number of hydrogen-bond donors (Lipinski definition) is 1. The van der Waals surface area contributed by atoms with Crippen molar-refractivity contribution in [2.24, 2.45) is 5.92 Å². The lowest BCUT2D eigenvalue weighted by Gasteiger charge is -2.16. The fourth-order valence-electron chi connectivity index (χ4n) is 2.12. The largest absolute Gasteiger partial charge is 0.350 e. The van der Waals surface area contributed by atoms with E-state index in [9.17, 15) is 13.2 Å². The van der Waals surface area contributed by atoms with Crippen molar-refractivity contribution >= 4 is 37.2 Å². The summed E-state index contributed by atoms with van der Waals surface area (Å²) in [4.78, 5) is 11.9. The second-order valence-electron chi connectivity index (χ2n) is 5.55. The summed E-state index contributed by atoms with van der Waals surface area (Å²) in [6.07, 6.45) is 0.832. The van der Waals surface area contributed by atoms with Gasteiger partial charge in [-0.3, -0.25) is 4.79 Å². The molecule has 0 radical (unpaired) electrons. The molecule has 0 spiro atoms. The molecule has 0 aliphatic carbocycles. The van der Waals surface area contributed by atoms with E-state index in [0.717, 1.165) is 6.42 Å². The lowest BCUT2D eigenvalue weighted by atomic mass is 10.0. The second kappa shape index (κ2) is 6.99. The van der Waals surface area contributed by atoms with Crippen molar-refractivity contribution in [2.45, 2.75) is 45.1 Å². The molecule has 0 saturated carbocycles. The van der Waals surface area contributed by atoms with Crippen LogP contribution in [0.25, 0.3) is 0 Å². The summed E-state index contributed by atoms with van der Waals surface area (Å²) in [6.45, 7) is 7.66. The Balaban J connectivity index is 3.09. The zero-order chi connectivity index (χ0) is 16.4. The molecule has 1 atom stereocenters. The predicted octanol–water partition coefficient (Wildman–Crippen LogP) is 3.74. The zero-order valence-electron chi connectivity index (χ0n) is 12.4. The lowest BCUT2D eigenvalue weighted by molar-refractivity contribution is 0.0936. The Morgan fingerprint density at radius 1 is 1.29 bits per heavy atom. The molecule has 0 aliphatic rings. The lowest BCUT2D eigenvalue weighted by Crippen LogP contribution is -2.33. The molecule has 0 fully saturated rings. The highest BCUT2D eigenvalue weighted by molar-refractivity contribution is 8.13. The van der Waals surface area contributed by atoms with Crippen LogP contribution < -0.4 is 5.32 Å². The second-order valence-corrected chi connectivity index (χ2v) is 8.46. The minimum Gasteiger partial charge on any atom is -0.350 e. The quantitative estimate of drug-likeness (QED) is 0.821. The Morgan fingerprint density at radius 2 is 1.86 bits per heavy atom. The van der Waals surface area contributed by atoms with Crippen molar-refractivity contribution in [1.82, 2.24) is 5.32 Å². The van der Waals surface area contributed by atoms with Gasteiger partial charge in [-0.2, -0.15) is 0 Å². The van der Waals surface area contributed by atoms with Crippen LogP contribution in [0.4, 0.5) is 0 Å². The Morgan fingerprint density at radius 3 is 2.33 bits per heavy atom. The topological polar surface area (TPSA) is 63.2 Å². The van der Waals surface area contributed by atoms with Gasteiger partial charge in [0.05, 0.1) is 5.02 Å². The number of carbonyl (C=O) groups excluding carboxylic acids is 1. The fraction of sp³-hybridized carbons (Fsp3) is 0.500. The van der Waals surface area contributed by atoms with E-state index < -0.39 is 9.05 Å². The summed E-state index contributed by atoms with van der Waals surface area (Å²) >= 11 is 5.93. The van der Waals surface area contributed by atoms with E-state index >= 15 is 0 Å². The van der Waals surface area contributed by atoms with Gasteiger partial charge in [0, 0.05) is 22.3 Å². The molecule has 0 aromatic heterocycles. The Bertz CT molecular complexity index is 642. The molecule has 0 aliphatic heterocycles. The summed E-state index contributed by atoms with van der Waals surface area (Å²) in [5.41, 5.74) is 0.715. The van der Waals surface area contributed by atoms with Crippen LogP contribution in [0, 0.1) is 12.8 Å². The third-order valence-corrected chi connectivity index (χ3v) is 4.91. The molecule has 0 heterocycles. The highest BCUT2D eigenvalue weighted by Gasteiger charge is 2.20. The normalized spacial score (nSPS) is 13.3. The van der Waals surface area contributed by atoms with Gasteiger partial charge >= 0.3 is 0 Å². The maximum atomic E-state index is 12.2. The van der Waals surface area contributed by atoms with Gasteiger partial charge in [-0.1, -0.05) is 25.4 Å². The van der Waals surface area contributed by atoms with Crippen LogP contribution in [0.5, 0.6) is 0 Å². The van der Waals surface area contributed by atoms with E-state index in [1.165, 1.54) is 6.07 Å². The highest BCUT2D eigenvalue weighted by Crippen LogP contribution is 2.29. The van der Waals surface area contributed by atoms with Crippen molar-refractivity contribution in [1.29, 1.82) is 0 Å². The molecule has 1 aromatic rings. The monoisotopic (exact) mass is 351 g/mol. The summed E-state index contributed by atoms with van der Waals surface area (Å²) in [5.74, 6) is 0.107. The number of carbonyl (C=O) groups is 1. The van der Waals surface area contributed by atoms with Gasteiger partial charge in [0.15, 0.2) is 0 Å². The van der Waals surface area contributed by atoms with E-state index in [1.807, 2.05) is 6.92 Å². The number of benzene rings is 1. The van der Waals surface area contributed by atoms with Crippen molar-refractivity contribution in [3.63, 3.8) is 0 Å². The Labute approximate surface area is 135 Å². The first-order valence-corrected chi connectivity index (χ1v) is 9.26. The number of nitrogens with one attached hydrogen (secondary N) is 1. The van der Waals surface area contributed by atoms with E-state index in [1.54, 1.807) is 13.0 Å². The molecule has 21 heavy (non-hydrogen) atoms. The molecule has 1 N–H and O–H groups in total. The van der Waals surface area contributed by atoms with Crippen molar-refractivity contribution < 1.29 is 13.2 Å². The Kier molecular flexibility index (Phi) is 6.08. The van der Waals surface area contributed by atoms with E-state index in [-0.39, 0.29) is 27.4 Å². The van der Waals surface area contributed by atoms with Crippen LogP contribution in [0.1, 0.15) is 43.1 Å². The summed E-state index contributed by atoms with van der Waals surface area (Å²) in [6, 6.07) is 2.74. The first-order valence-electron chi connectivity index (χ1n) is 6.58. The predicted molar refractivity (Wildman–Crippen MR) is 85.6 cm³/mol. The highest BCUT2D eigenvalue weighted by atomic mass is 35.7. The van der Waals surface area contributed by atoms with Gasteiger partial charge in [-0.05, 0) is 43.9 Å². The molecule has 1 amide bonds. The van der Waals surface area contributed by atoms with Crippen LogP contribution in [-0.2, 0) is 9.05 Å². The smallest absolute Gasteiger partial charge is 0.262 e. The first-order chi connectivity index (χ1) is 9.52. The van der Waals surface area contributed by atoms with E-state index in [2.05, 4.69) is 19.2 Å². The molecule has 0 saturated heterocycles. The standard InChI is InChI=1S/C14H19Cl2NO3S/c1-8(2)5-10(4)17-14(18)11-6-9(3)13(15)12(7-11)21(16,19)20/h6-8,10H,5H2,1-4H3,(H,17,18). The van der Waals surface area contributed by atoms with Crippen molar-refractivity contribution in [3.05, 3.63) is 28.3 Å². The number of halogens is 2. The van der Waals surface area contributed by atoms with Gasteiger partial charge in [0.25, 0.3) is 15.0 Å². The Hall–Kier alpha value is -0.780. The number of hydrogen-bond acceptors (Lipinski definition) is 3. The van der Waals surface area contributed by atoms with Crippen LogP contribution in [-0.4, -0.2) is 20.4 Å². The average Bonchev–Trinajstić information content (AvgIpc) is 2.29. The number of aryl methyl sites for hydroxylation is 1. The van der Waals surface area contributed by atoms with E-state index in [0.29, 0.717) is 11.5 Å². The molecule has 1 rings (SSSR count). The third-order valence-electron chi connectivity index (χ3n) is 2.95. The van der Waals surface area contributed by atoms with Crippen LogP contribution >= 0.6 is 22.3 Å². The van der Waals surface area contributed by atoms with Gasteiger partial charge in [-0.25, -0.2) is 8.42 Å². The summed E-state index contributed by atoms with van der Waals surface area (Å²) < 4.78 is 23.0. The minimum absolute atomic E-state index is 0.00968. The minimum atomic E-state index is -4.00. The average molecular weight is 352 g/mol. The molecule has 7 heteroatoms. The first kappa shape index (κ1) is 18.3. The molecule has 118 valence electrons. The third kappa shape index (κ3) is 5.16. The summed E-state index contributed by atoms with van der Waals surface area (Å²) in [7, 11) is 1.34. The number of amides is 1. The molecule has 0 bridgehead atoms. The zero-order valence-corrected chi connectivity index (χ0v) is 14.7. The van der Waals surface area contributed by atoms with Crippen LogP contribution in [0.2, 0.25) is 5.02 Å². The van der Waals surface area contributed by atoms with Crippen molar-refractivity contribution in [3.8, 4) is 0 Å². The molecule has 1 aromatic carbocycles. The maximum absolute atomic E-state index is 12.2. The van der Waals surface area contributed by atoms with Crippen LogP contribution in [0.3, 0.4) is 0 Å². The van der Waals surface area contributed by atoms with Crippen LogP contribution in [0.15, 0.2) is 17.0 Å². The SMILES string of the molecule is Cc1cc(C(=O)NC(C)CC(C)C)cc(S(=O)(=O)Cl)c1Cl. The molecular weight excluding hydrogens is 333 g/mol. The maximum Gasteiger partial charge on any atom is 0.262 e. The van der Waals surface area contributed by atoms with Gasteiger partial charge < -0.3 is 5.32 Å². The van der Waals surface area contributed by atoms with Gasteiger partial charge in [0.2, 0.25) is 0 Å².